The molecule has 1 N–H and O–H groups in total. The number of aromatic nitrogens is 2. The maximum absolute atomic E-state index is 13.5. The minimum atomic E-state index is -0.424. The molecule has 1 amide bonds. The smallest absolute Gasteiger partial charge is 0.251 e. The van der Waals surface area contributed by atoms with E-state index in [9.17, 15) is 9.18 Å². The van der Waals surface area contributed by atoms with Gasteiger partial charge in [-0.3, -0.25) is 9.48 Å². The van der Waals surface area contributed by atoms with Gasteiger partial charge in [-0.15, -0.1) is 0 Å². The molecule has 0 spiro atoms. The Morgan fingerprint density at radius 2 is 2.11 bits per heavy atom. The molecule has 144 valence electrons. The molecule has 2 heterocycles. The monoisotopic (exact) mass is 379 g/mol. The molecule has 0 saturated heterocycles. The minimum Gasteiger partial charge on any atom is -0.370 e. The van der Waals surface area contributed by atoms with Crippen molar-refractivity contribution < 1.29 is 13.9 Å². The molecule has 0 aliphatic carbocycles. The molecule has 4 rings (SSSR count). The van der Waals surface area contributed by atoms with Crippen LogP contribution in [0.15, 0.2) is 54.7 Å². The predicted octanol–water partition coefficient (Wildman–Crippen LogP) is 3.42. The highest BCUT2D eigenvalue weighted by atomic mass is 19.1. The molecule has 5 nitrogen and oxygen atoms in total. The highest BCUT2D eigenvalue weighted by molar-refractivity contribution is 5.95. The summed E-state index contributed by atoms with van der Waals surface area (Å²) in [5.41, 5.74) is 4.25. The average Bonchev–Trinajstić information content (AvgIpc) is 3.11. The van der Waals surface area contributed by atoms with Gasteiger partial charge >= 0.3 is 0 Å². The largest absolute Gasteiger partial charge is 0.370 e. The van der Waals surface area contributed by atoms with E-state index in [0.717, 1.165) is 23.2 Å². The van der Waals surface area contributed by atoms with Gasteiger partial charge in [0.2, 0.25) is 0 Å². The Kier molecular flexibility index (Phi) is 5.21. The van der Waals surface area contributed by atoms with E-state index in [1.54, 1.807) is 13.0 Å². The number of amides is 1. The van der Waals surface area contributed by atoms with Gasteiger partial charge in [-0.2, -0.15) is 5.10 Å². The number of carbonyl (C=O) groups excluding carboxylic acids is 1. The lowest BCUT2D eigenvalue weighted by molar-refractivity contribution is 0.0383. The third-order valence-electron chi connectivity index (χ3n) is 4.95. The first-order chi connectivity index (χ1) is 13.6. The number of hydrogen-bond donors (Lipinski definition) is 1. The topological polar surface area (TPSA) is 56.1 Å². The number of nitrogens with zero attached hydrogens (tertiary/aromatic N) is 2. The van der Waals surface area contributed by atoms with Crippen LogP contribution in [0.4, 0.5) is 4.39 Å². The Hall–Kier alpha value is -2.99. The fraction of sp³-hybridized carbons (Fsp3) is 0.273. The van der Waals surface area contributed by atoms with Crippen LogP contribution < -0.4 is 5.32 Å². The SMILES string of the molecule is Cc1ccc(F)cc1C(=O)NC[C@@H]1OCCc2cn(Cc3ccccc3)nc21. The van der Waals surface area contributed by atoms with Gasteiger partial charge in [0.15, 0.2) is 0 Å². The molecule has 0 radical (unpaired) electrons. The van der Waals surface area contributed by atoms with Crippen LogP contribution in [0, 0.1) is 12.7 Å². The zero-order chi connectivity index (χ0) is 19.5. The van der Waals surface area contributed by atoms with Crippen molar-refractivity contribution in [3.05, 3.63) is 88.5 Å². The molecule has 0 saturated carbocycles. The van der Waals surface area contributed by atoms with Crippen LogP contribution in [-0.4, -0.2) is 28.8 Å². The number of rotatable bonds is 5. The van der Waals surface area contributed by atoms with Gasteiger partial charge in [0.05, 0.1) is 18.8 Å². The van der Waals surface area contributed by atoms with Crippen LogP contribution in [0.1, 0.15) is 38.8 Å². The van der Waals surface area contributed by atoms with Crippen LogP contribution in [-0.2, 0) is 17.7 Å². The fourth-order valence-corrected chi connectivity index (χ4v) is 3.46. The maximum atomic E-state index is 13.5. The van der Waals surface area contributed by atoms with Gasteiger partial charge in [0.25, 0.3) is 5.91 Å². The van der Waals surface area contributed by atoms with Crippen molar-refractivity contribution in [1.82, 2.24) is 15.1 Å². The van der Waals surface area contributed by atoms with Crippen LogP contribution in [0.5, 0.6) is 0 Å². The highest BCUT2D eigenvalue weighted by Gasteiger charge is 2.25. The Bertz CT molecular complexity index is 985. The molecule has 0 unspecified atom stereocenters. The lowest BCUT2D eigenvalue weighted by Crippen LogP contribution is -2.32. The number of aryl methyl sites for hydroxylation is 1. The number of halogens is 1. The summed E-state index contributed by atoms with van der Waals surface area (Å²) in [7, 11) is 0. The molecule has 28 heavy (non-hydrogen) atoms. The highest BCUT2D eigenvalue weighted by Crippen LogP contribution is 2.25. The molecule has 0 bridgehead atoms. The molecule has 2 aromatic carbocycles. The van der Waals surface area contributed by atoms with Crippen LogP contribution in [0.3, 0.4) is 0 Å². The summed E-state index contributed by atoms with van der Waals surface area (Å²) in [5, 5.41) is 7.55. The Balaban J connectivity index is 1.46. The number of hydrogen-bond acceptors (Lipinski definition) is 3. The quantitative estimate of drug-likeness (QED) is 0.739. The second-order valence-electron chi connectivity index (χ2n) is 7.00. The summed E-state index contributed by atoms with van der Waals surface area (Å²) in [6.07, 6.45) is 2.55. The fourth-order valence-electron chi connectivity index (χ4n) is 3.46. The van der Waals surface area contributed by atoms with Gasteiger partial charge in [-0.05, 0) is 42.2 Å². The summed E-state index contributed by atoms with van der Waals surface area (Å²) >= 11 is 0. The van der Waals surface area contributed by atoms with Gasteiger partial charge in [-0.25, -0.2) is 4.39 Å². The van der Waals surface area contributed by atoms with Crippen LogP contribution in [0.25, 0.3) is 0 Å². The zero-order valence-corrected chi connectivity index (χ0v) is 15.7. The molecule has 1 aliphatic rings. The molecular formula is C22H22FN3O2. The van der Waals surface area contributed by atoms with Gasteiger partial charge in [0, 0.05) is 18.3 Å². The van der Waals surface area contributed by atoms with Crippen molar-refractivity contribution >= 4 is 5.91 Å². The summed E-state index contributed by atoms with van der Waals surface area (Å²) in [6, 6.07) is 14.3. The lowest BCUT2D eigenvalue weighted by atomic mass is 10.1. The molecule has 1 atom stereocenters. The first-order valence-corrected chi connectivity index (χ1v) is 9.36. The van der Waals surface area contributed by atoms with Crippen LogP contribution in [0.2, 0.25) is 0 Å². The van der Waals surface area contributed by atoms with Gasteiger partial charge in [-0.1, -0.05) is 36.4 Å². The van der Waals surface area contributed by atoms with Crippen LogP contribution >= 0.6 is 0 Å². The van der Waals surface area contributed by atoms with E-state index in [1.807, 2.05) is 22.9 Å². The predicted molar refractivity (Wildman–Crippen MR) is 104 cm³/mol. The molecule has 0 fully saturated rings. The summed E-state index contributed by atoms with van der Waals surface area (Å²) < 4.78 is 21.2. The van der Waals surface area contributed by atoms with Gasteiger partial charge in [0.1, 0.15) is 11.9 Å². The van der Waals surface area contributed by atoms with Crippen molar-refractivity contribution in [3.8, 4) is 0 Å². The summed E-state index contributed by atoms with van der Waals surface area (Å²) in [5.74, 6) is -0.733. The number of carbonyl (C=O) groups is 1. The normalized spacial score (nSPS) is 15.9. The third-order valence-corrected chi connectivity index (χ3v) is 4.95. The minimum absolute atomic E-state index is 0.296. The van der Waals surface area contributed by atoms with Crippen molar-refractivity contribution in [3.63, 3.8) is 0 Å². The number of nitrogens with one attached hydrogen (secondary N) is 1. The maximum Gasteiger partial charge on any atom is 0.251 e. The van der Waals surface area contributed by atoms with E-state index in [4.69, 9.17) is 9.84 Å². The zero-order valence-electron chi connectivity index (χ0n) is 15.7. The third kappa shape index (κ3) is 3.97. The summed E-state index contributed by atoms with van der Waals surface area (Å²) in [4.78, 5) is 12.5. The first kappa shape index (κ1) is 18.4. The molecule has 6 heteroatoms. The van der Waals surface area contributed by atoms with E-state index in [-0.39, 0.29) is 12.0 Å². The van der Waals surface area contributed by atoms with E-state index in [2.05, 4.69) is 23.6 Å². The Morgan fingerprint density at radius 3 is 2.93 bits per heavy atom. The van der Waals surface area contributed by atoms with E-state index < -0.39 is 5.82 Å². The number of benzene rings is 2. The summed E-state index contributed by atoms with van der Waals surface area (Å²) in [6.45, 7) is 3.36. The standard InChI is InChI=1S/C22H22FN3O2/c1-15-7-8-18(23)11-19(15)22(27)24-12-20-21-17(9-10-28-20)14-26(25-21)13-16-5-3-2-4-6-16/h2-8,11,14,20H,9-10,12-13H2,1H3,(H,24,27)/t20-/m0/s1. The van der Waals surface area contributed by atoms with E-state index >= 15 is 0 Å². The number of ether oxygens (including phenoxy) is 1. The van der Waals surface area contributed by atoms with Crippen molar-refractivity contribution in [1.29, 1.82) is 0 Å². The second-order valence-corrected chi connectivity index (χ2v) is 7.00. The van der Waals surface area contributed by atoms with Crippen molar-refractivity contribution in [2.45, 2.75) is 26.0 Å². The molecule has 1 aromatic heterocycles. The van der Waals surface area contributed by atoms with E-state index in [0.29, 0.717) is 25.3 Å². The Labute approximate surface area is 163 Å². The number of fused-ring (bicyclic) bond motifs is 1. The van der Waals surface area contributed by atoms with Gasteiger partial charge < -0.3 is 10.1 Å². The molecule has 1 aliphatic heterocycles. The van der Waals surface area contributed by atoms with Crippen molar-refractivity contribution in [2.24, 2.45) is 0 Å². The van der Waals surface area contributed by atoms with E-state index in [1.165, 1.54) is 17.7 Å². The lowest BCUT2D eigenvalue weighted by Gasteiger charge is -2.22. The second kappa shape index (κ2) is 7.94. The average molecular weight is 379 g/mol. The first-order valence-electron chi connectivity index (χ1n) is 9.36. The Morgan fingerprint density at radius 1 is 1.29 bits per heavy atom. The van der Waals surface area contributed by atoms with Crippen molar-refractivity contribution in [2.75, 3.05) is 13.2 Å². The molecular weight excluding hydrogens is 357 g/mol. The molecule has 3 aromatic rings.